The fourth-order valence-electron chi connectivity index (χ4n) is 1.38. The molecule has 0 saturated heterocycles. The number of hydrogen-bond acceptors (Lipinski definition) is 4. The monoisotopic (exact) mass is 237 g/mol. The maximum Gasteiger partial charge on any atom is 0.172 e. The van der Waals surface area contributed by atoms with Gasteiger partial charge in [-0.2, -0.15) is 10.4 Å². The number of aliphatic hydroxyl groups is 1. The summed E-state index contributed by atoms with van der Waals surface area (Å²) in [4.78, 5) is 0. The first kappa shape index (κ1) is 13.7. The van der Waals surface area contributed by atoms with Gasteiger partial charge in [0.05, 0.1) is 24.5 Å². The number of nitrogens with zero attached hydrogens (tertiary/aromatic N) is 3. The van der Waals surface area contributed by atoms with E-state index in [-0.39, 0.29) is 6.10 Å². The Morgan fingerprint density at radius 2 is 2.29 bits per heavy atom. The molecule has 1 rings (SSSR count). The summed E-state index contributed by atoms with van der Waals surface area (Å²) in [6.07, 6.45) is 2.78. The predicted molar refractivity (Wildman–Crippen MR) is 63.1 cm³/mol. The van der Waals surface area contributed by atoms with E-state index in [4.69, 9.17) is 10.00 Å². The molecule has 0 aliphatic carbocycles. The minimum Gasteiger partial charge on any atom is -0.391 e. The number of ether oxygens (including phenoxy) is 1. The van der Waals surface area contributed by atoms with E-state index in [1.165, 1.54) is 0 Å². The molecule has 0 spiro atoms. The van der Waals surface area contributed by atoms with E-state index in [1.807, 2.05) is 6.20 Å². The van der Waals surface area contributed by atoms with E-state index in [9.17, 15) is 5.11 Å². The van der Waals surface area contributed by atoms with E-state index < -0.39 is 12.2 Å². The Balaban J connectivity index is 2.70. The molecule has 3 atom stereocenters. The Bertz CT molecular complexity index is 381. The second-order valence-electron chi connectivity index (χ2n) is 4.13. The van der Waals surface area contributed by atoms with Gasteiger partial charge >= 0.3 is 0 Å². The van der Waals surface area contributed by atoms with Crippen LogP contribution < -0.4 is 0 Å². The third-order valence-electron chi connectivity index (χ3n) is 2.56. The Morgan fingerprint density at radius 3 is 2.82 bits per heavy atom. The van der Waals surface area contributed by atoms with Crippen LogP contribution in [-0.2, 0) is 11.3 Å². The number of hydrogen-bond donors (Lipinski definition) is 1. The number of aromatic nitrogens is 2. The fraction of sp³-hybridized carbons (Fsp3) is 0.667. The first-order valence-electron chi connectivity index (χ1n) is 5.84. The normalized spacial score (nSPS) is 16.2. The smallest absolute Gasteiger partial charge is 0.172 e. The van der Waals surface area contributed by atoms with E-state index in [2.05, 4.69) is 18.1 Å². The second kappa shape index (κ2) is 6.38. The summed E-state index contributed by atoms with van der Waals surface area (Å²) in [5.74, 6) is 0. The molecule has 3 unspecified atom stereocenters. The van der Waals surface area contributed by atoms with Crippen LogP contribution in [0, 0.1) is 11.3 Å². The Kier molecular flexibility index (Phi) is 5.13. The molecule has 0 fully saturated rings. The molecular weight excluding hydrogens is 218 g/mol. The van der Waals surface area contributed by atoms with Gasteiger partial charge in [0, 0.05) is 18.3 Å². The van der Waals surface area contributed by atoms with Crippen molar-refractivity contribution in [2.75, 3.05) is 0 Å². The standard InChI is InChI=1S/C12H19N3O2/c1-4-5-15-8-11(7-14-15)12(6-13)17-10(3)9(2)16/h7-10,12,16H,4-5H2,1-3H3. The molecule has 5 heteroatoms. The molecule has 0 radical (unpaired) electrons. The third kappa shape index (κ3) is 3.84. The highest BCUT2D eigenvalue weighted by atomic mass is 16.5. The molecule has 0 aliphatic heterocycles. The molecule has 17 heavy (non-hydrogen) atoms. The zero-order valence-corrected chi connectivity index (χ0v) is 10.5. The number of aliphatic hydroxyl groups excluding tert-OH is 1. The SMILES string of the molecule is CCCn1cc(C(C#N)OC(C)C(C)O)cn1. The van der Waals surface area contributed by atoms with Crippen molar-refractivity contribution < 1.29 is 9.84 Å². The topological polar surface area (TPSA) is 71.1 Å². The van der Waals surface area contributed by atoms with Gasteiger partial charge in [0.25, 0.3) is 0 Å². The summed E-state index contributed by atoms with van der Waals surface area (Å²) < 4.78 is 7.26. The lowest BCUT2D eigenvalue weighted by atomic mass is 10.2. The molecule has 1 N–H and O–H groups in total. The summed E-state index contributed by atoms with van der Waals surface area (Å²) in [6, 6.07) is 2.07. The fourth-order valence-corrected chi connectivity index (χ4v) is 1.38. The van der Waals surface area contributed by atoms with Gasteiger partial charge < -0.3 is 9.84 Å². The number of nitriles is 1. The van der Waals surface area contributed by atoms with E-state index in [0.717, 1.165) is 18.5 Å². The Labute approximate surface area is 102 Å². The predicted octanol–water partition coefficient (Wildman–Crippen LogP) is 1.64. The molecule has 0 aromatic carbocycles. The summed E-state index contributed by atoms with van der Waals surface area (Å²) in [6.45, 7) is 6.27. The molecule has 1 aromatic rings. The highest BCUT2D eigenvalue weighted by Gasteiger charge is 2.19. The van der Waals surface area contributed by atoms with Crippen LogP contribution >= 0.6 is 0 Å². The molecule has 0 amide bonds. The van der Waals surface area contributed by atoms with E-state index in [1.54, 1.807) is 24.7 Å². The lowest BCUT2D eigenvalue weighted by Crippen LogP contribution is -2.24. The van der Waals surface area contributed by atoms with Crippen molar-refractivity contribution in [3.8, 4) is 6.07 Å². The van der Waals surface area contributed by atoms with Gasteiger partial charge in [-0.15, -0.1) is 0 Å². The minimum absolute atomic E-state index is 0.380. The first-order valence-corrected chi connectivity index (χ1v) is 5.84. The van der Waals surface area contributed by atoms with Gasteiger partial charge in [0.2, 0.25) is 0 Å². The Morgan fingerprint density at radius 1 is 1.59 bits per heavy atom. The Hall–Kier alpha value is -1.38. The average molecular weight is 237 g/mol. The zero-order valence-electron chi connectivity index (χ0n) is 10.5. The number of aryl methyl sites for hydroxylation is 1. The van der Waals surface area contributed by atoms with Crippen LogP contribution in [0.15, 0.2) is 12.4 Å². The van der Waals surface area contributed by atoms with Crippen LogP contribution in [0.1, 0.15) is 38.9 Å². The molecule has 5 nitrogen and oxygen atoms in total. The largest absolute Gasteiger partial charge is 0.391 e. The highest BCUT2D eigenvalue weighted by molar-refractivity contribution is 5.15. The summed E-state index contributed by atoms with van der Waals surface area (Å²) in [5.41, 5.74) is 0.730. The second-order valence-corrected chi connectivity index (χ2v) is 4.13. The quantitative estimate of drug-likeness (QED) is 0.816. The van der Waals surface area contributed by atoms with Crippen LogP contribution in [0.4, 0.5) is 0 Å². The van der Waals surface area contributed by atoms with Gasteiger partial charge in [-0.05, 0) is 20.3 Å². The molecule has 0 bridgehead atoms. The summed E-state index contributed by atoms with van der Waals surface area (Å²) in [5, 5.41) is 22.6. The van der Waals surface area contributed by atoms with Crippen LogP contribution in [0.2, 0.25) is 0 Å². The first-order chi connectivity index (χ1) is 8.08. The van der Waals surface area contributed by atoms with Crippen molar-refractivity contribution in [2.24, 2.45) is 0 Å². The lowest BCUT2D eigenvalue weighted by Gasteiger charge is -2.18. The third-order valence-corrected chi connectivity index (χ3v) is 2.56. The van der Waals surface area contributed by atoms with E-state index in [0.29, 0.717) is 0 Å². The van der Waals surface area contributed by atoms with Crippen LogP contribution in [-0.4, -0.2) is 27.1 Å². The molecule has 1 aromatic heterocycles. The lowest BCUT2D eigenvalue weighted by molar-refractivity contribution is -0.0426. The molecular formula is C12H19N3O2. The van der Waals surface area contributed by atoms with Crippen LogP contribution in [0.3, 0.4) is 0 Å². The molecule has 94 valence electrons. The van der Waals surface area contributed by atoms with Crippen molar-refractivity contribution in [3.05, 3.63) is 18.0 Å². The van der Waals surface area contributed by atoms with Crippen molar-refractivity contribution in [2.45, 2.75) is 52.0 Å². The van der Waals surface area contributed by atoms with Crippen molar-refractivity contribution in [1.29, 1.82) is 5.26 Å². The van der Waals surface area contributed by atoms with Gasteiger partial charge in [-0.25, -0.2) is 0 Å². The van der Waals surface area contributed by atoms with Gasteiger partial charge in [-0.3, -0.25) is 4.68 Å². The zero-order chi connectivity index (χ0) is 12.8. The summed E-state index contributed by atoms with van der Waals surface area (Å²) >= 11 is 0. The van der Waals surface area contributed by atoms with Crippen LogP contribution in [0.5, 0.6) is 0 Å². The van der Waals surface area contributed by atoms with Crippen LogP contribution in [0.25, 0.3) is 0 Å². The van der Waals surface area contributed by atoms with E-state index >= 15 is 0 Å². The maximum atomic E-state index is 9.35. The molecule has 0 saturated carbocycles. The average Bonchev–Trinajstić information content (AvgIpc) is 2.74. The molecule has 0 aliphatic rings. The van der Waals surface area contributed by atoms with Gasteiger partial charge in [0.15, 0.2) is 6.10 Å². The highest BCUT2D eigenvalue weighted by Crippen LogP contribution is 2.19. The summed E-state index contributed by atoms with van der Waals surface area (Å²) in [7, 11) is 0. The van der Waals surface area contributed by atoms with Crippen molar-refractivity contribution in [3.63, 3.8) is 0 Å². The van der Waals surface area contributed by atoms with Gasteiger partial charge in [0.1, 0.15) is 0 Å². The van der Waals surface area contributed by atoms with Gasteiger partial charge in [-0.1, -0.05) is 6.92 Å². The maximum absolute atomic E-state index is 9.35. The molecule has 1 heterocycles. The minimum atomic E-state index is -0.676. The number of rotatable bonds is 6. The van der Waals surface area contributed by atoms with Crippen molar-refractivity contribution in [1.82, 2.24) is 9.78 Å². The van der Waals surface area contributed by atoms with Crippen molar-refractivity contribution >= 4 is 0 Å².